The second-order valence-electron chi connectivity index (χ2n) is 3.84. The summed E-state index contributed by atoms with van der Waals surface area (Å²) in [6.07, 6.45) is 1.09. The first kappa shape index (κ1) is 11.4. The summed E-state index contributed by atoms with van der Waals surface area (Å²) in [4.78, 5) is 0. The highest BCUT2D eigenvalue weighted by Gasteiger charge is 2.24. The lowest BCUT2D eigenvalue weighted by Crippen LogP contribution is -2.24. The summed E-state index contributed by atoms with van der Waals surface area (Å²) < 4.78 is 13.2. The Kier molecular flexibility index (Phi) is 3.47. The van der Waals surface area contributed by atoms with Crippen LogP contribution in [0.2, 0.25) is 0 Å². The van der Waals surface area contributed by atoms with E-state index in [4.69, 9.17) is 5.26 Å². The second kappa shape index (κ2) is 4.86. The highest BCUT2D eigenvalue weighted by molar-refractivity contribution is 7.99. The maximum Gasteiger partial charge on any atom is 0.140 e. The number of nitriles is 1. The fourth-order valence-corrected chi connectivity index (χ4v) is 3.13. The van der Waals surface area contributed by atoms with E-state index in [9.17, 15) is 4.39 Å². The predicted molar refractivity (Wildman–Crippen MR) is 63.5 cm³/mol. The van der Waals surface area contributed by atoms with Crippen LogP contribution in [-0.4, -0.2) is 11.8 Å². The molecule has 16 heavy (non-hydrogen) atoms. The van der Waals surface area contributed by atoms with Crippen molar-refractivity contribution < 1.29 is 4.39 Å². The Morgan fingerprint density at radius 3 is 3.06 bits per heavy atom. The Bertz CT molecular complexity index is 428. The molecule has 1 aromatic carbocycles. The summed E-state index contributed by atoms with van der Waals surface area (Å²) in [6.45, 7) is 2.14. The van der Waals surface area contributed by atoms with Crippen molar-refractivity contribution >= 4 is 11.8 Å². The average Bonchev–Trinajstić information content (AvgIpc) is 2.78. The van der Waals surface area contributed by atoms with E-state index in [1.807, 2.05) is 17.8 Å². The van der Waals surface area contributed by atoms with Gasteiger partial charge in [-0.05, 0) is 24.1 Å². The maximum absolute atomic E-state index is 13.2. The SMILES string of the molecule is CCC1CSC(c2ccc(F)c(C#N)c2)N1. The molecule has 0 spiro atoms. The molecule has 0 amide bonds. The molecular weight excluding hydrogens is 223 g/mol. The van der Waals surface area contributed by atoms with E-state index in [2.05, 4.69) is 12.2 Å². The number of hydrogen-bond donors (Lipinski definition) is 1. The summed E-state index contributed by atoms with van der Waals surface area (Å²) in [5.41, 5.74) is 1.11. The Morgan fingerprint density at radius 2 is 2.44 bits per heavy atom. The van der Waals surface area contributed by atoms with Crippen LogP contribution in [-0.2, 0) is 0 Å². The molecule has 1 aliphatic rings. The van der Waals surface area contributed by atoms with Crippen LogP contribution in [0.5, 0.6) is 0 Å². The van der Waals surface area contributed by atoms with Gasteiger partial charge in [-0.1, -0.05) is 13.0 Å². The fourth-order valence-electron chi connectivity index (χ4n) is 1.74. The maximum atomic E-state index is 13.2. The van der Waals surface area contributed by atoms with Crippen LogP contribution in [0.1, 0.15) is 29.8 Å². The molecule has 1 aliphatic heterocycles. The van der Waals surface area contributed by atoms with Gasteiger partial charge in [-0.2, -0.15) is 5.26 Å². The zero-order chi connectivity index (χ0) is 11.5. The average molecular weight is 236 g/mol. The first-order valence-electron chi connectivity index (χ1n) is 5.31. The molecule has 2 unspecified atom stereocenters. The van der Waals surface area contributed by atoms with Crippen molar-refractivity contribution in [2.75, 3.05) is 5.75 Å². The second-order valence-corrected chi connectivity index (χ2v) is 4.97. The third-order valence-corrected chi connectivity index (χ3v) is 4.09. The molecule has 1 saturated heterocycles. The summed E-state index contributed by atoms with van der Waals surface area (Å²) in [6, 6.07) is 7.15. The number of hydrogen-bond acceptors (Lipinski definition) is 3. The monoisotopic (exact) mass is 236 g/mol. The topological polar surface area (TPSA) is 35.8 Å². The van der Waals surface area contributed by atoms with Gasteiger partial charge in [0.05, 0.1) is 10.9 Å². The van der Waals surface area contributed by atoms with Crippen molar-refractivity contribution in [3.05, 3.63) is 35.1 Å². The number of nitrogens with zero attached hydrogens (tertiary/aromatic N) is 1. The van der Waals surface area contributed by atoms with Gasteiger partial charge in [0, 0.05) is 11.8 Å². The van der Waals surface area contributed by atoms with Crippen LogP contribution < -0.4 is 5.32 Å². The van der Waals surface area contributed by atoms with Crippen LogP contribution in [0, 0.1) is 17.1 Å². The van der Waals surface area contributed by atoms with Gasteiger partial charge in [-0.15, -0.1) is 11.8 Å². The molecule has 2 rings (SSSR count). The third-order valence-electron chi connectivity index (χ3n) is 2.76. The van der Waals surface area contributed by atoms with E-state index in [-0.39, 0.29) is 10.9 Å². The number of benzene rings is 1. The Labute approximate surface area is 98.8 Å². The largest absolute Gasteiger partial charge is 0.298 e. The van der Waals surface area contributed by atoms with Crippen LogP contribution in [0.25, 0.3) is 0 Å². The van der Waals surface area contributed by atoms with Crippen molar-refractivity contribution in [2.24, 2.45) is 0 Å². The number of rotatable bonds is 2. The first-order chi connectivity index (χ1) is 7.74. The van der Waals surface area contributed by atoms with Gasteiger partial charge in [0.15, 0.2) is 0 Å². The molecule has 1 aromatic rings. The van der Waals surface area contributed by atoms with E-state index in [0.717, 1.165) is 17.7 Å². The van der Waals surface area contributed by atoms with Gasteiger partial charge in [0.2, 0.25) is 0 Å². The van der Waals surface area contributed by atoms with Crippen LogP contribution in [0.3, 0.4) is 0 Å². The smallest absolute Gasteiger partial charge is 0.140 e. The normalized spacial score (nSPS) is 24.3. The zero-order valence-electron chi connectivity index (χ0n) is 9.03. The number of halogens is 1. The molecule has 2 atom stereocenters. The summed E-state index contributed by atoms with van der Waals surface area (Å²) in [5, 5.41) is 12.4. The van der Waals surface area contributed by atoms with Gasteiger partial charge in [0.1, 0.15) is 11.9 Å². The molecule has 2 nitrogen and oxygen atoms in total. The van der Waals surface area contributed by atoms with Crippen molar-refractivity contribution in [2.45, 2.75) is 24.8 Å². The minimum absolute atomic E-state index is 0.125. The summed E-state index contributed by atoms with van der Waals surface area (Å²) in [5.74, 6) is 0.627. The molecule has 84 valence electrons. The van der Waals surface area contributed by atoms with E-state index in [0.29, 0.717) is 6.04 Å². The van der Waals surface area contributed by atoms with E-state index in [1.54, 1.807) is 12.1 Å². The lowest BCUT2D eigenvalue weighted by molar-refractivity contribution is 0.560. The summed E-state index contributed by atoms with van der Waals surface area (Å²) in [7, 11) is 0. The summed E-state index contributed by atoms with van der Waals surface area (Å²) >= 11 is 1.81. The lowest BCUT2D eigenvalue weighted by atomic mass is 10.1. The van der Waals surface area contributed by atoms with Crippen molar-refractivity contribution in [3.63, 3.8) is 0 Å². The number of nitrogens with one attached hydrogen (secondary N) is 1. The molecule has 0 saturated carbocycles. The third kappa shape index (κ3) is 2.21. The van der Waals surface area contributed by atoms with Gasteiger partial charge < -0.3 is 0 Å². The van der Waals surface area contributed by atoms with E-state index in [1.165, 1.54) is 6.07 Å². The highest BCUT2D eigenvalue weighted by Crippen LogP contribution is 2.34. The van der Waals surface area contributed by atoms with E-state index >= 15 is 0 Å². The standard InChI is InChI=1S/C12H13FN2S/c1-2-10-7-16-12(15-10)8-3-4-11(13)9(5-8)6-14/h3-5,10,12,15H,2,7H2,1H3. The van der Waals surface area contributed by atoms with Crippen LogP contribution >= 0.6 is 11.8 Å². The molecule has 1 heterocycles. The lowest BCUT2D eigenvalue weighted by Gasteiger charge is -2.12. The van der Waals surface area contributed by atoms with Crippen molar-refractivity contribution in [3.8, 4) is 6.07 Å². The number of thioether (sulfide) groups is 1. The van der Waals surface area contributed by atoms with Crippen LogP contribution in [0.4, 0.5) is 4.39 Å². The molecule has 1 N–H and O–H groups in total. The molecule has 0 radical (unpaired) electrons. The molecule has 1 fully saturated rings. The molecular formula is C12H13FN2S. The first-order valence-corrected chi connectivity index (χ1v) is 6.36. The fraction of sp³-hybridized carbons (Fsp3) is 0.417. The molecule has 0 bridgehead atoms. The van der Waals surface area contributed by atoms with Crippen molar-refractivity contribution in [1.29, 1.82) is 5.26 Å². The Balaban J connectivity index is 2.19. The van der Waals surface area contributed by atoms with Gasteiger partial charge in [-0.25, -0.2) is 4.39 Å². The minimum atomic E-state index is -0.443. The van der Waals surface area contributed by atoms with Gasteiger partial charge >= 0.3 is 0 Å². The Hall–Kier alpha value is -1.05. The minimum Gasteiger partial charge on any atom is -0.298 e. The van der Waals surface area contributed by atoms with Crippen molar-refractivity contribution in [1.82, 2.24) is 5.32 Å². The molecule has 0 aromatic heterocycles. The van der Waals surface area contributed by atoms with Gasteiger partial charge in [-0.3, -0.25) is 5.32 Å². The van der Waals surface area contributed by atoms with E-state index < -0.39 is 5.82 Å². The highest BCUT2D eigenvalue weighted by atomic mass is 32.2. The van der Waals surface area contributed by atoms with Gasteiger partial charge in [0.25, 0.3) is 0 Å². The predicted octanol–water partition coefficient (Wildman–Crippen LogP) is 2.81. The zero-order valence-corrected chi connectivity index (χ0v) is 9.85. The molecule has 4 heteroatoms. The molecule has 0 aliphatic carbocycles. The van der Waals surface area contributed by atoms with Crippen LogP contribution in [0.15, 0.2) is 18.2 Å². The quantitative estimate of drug-likeness (QED) is 0.857. The Morgan fingerprint density at radius 1 is 1.62 bits per heavy atom.